The molecule has 1 aliphatic rings. The van der Waals surface area contributed by atoms with E-state index in [2.05, 4.69) is 6.58 Å². The van der Waals surface area contributed by atoms with Crippen molar-refractivity contribution in [3.8, 4) is 0 Å². The average molecular weight is 93.1 g/mol. The second kappa shape index (κ2) is 1.26. The molecule has 2 N–H and O–H groups in total. The zero-order valence-electron chi connectivity index (χ0n) is 4.02. The van der Waals surface area contributed by atoms with Crippen molar-refractivity contribution in [2.75, 3.05) is 0 Å². The highest BCUT2D eigenvalue weighted by Gasteiger charge is 1.94. The summed E-state index contributed by atoms with van der Waals surface area (Å²) in [5.74, 6) is 0. The Morgan fingerprint density at radius 1 is 1.57 bits per heavy atom. The van der Waals surface area contributed by atoms with Gasteiger partial charge in [0.2, 0.25) is 0 Å². The fourth-order valence-corrected chi connectivity index (χ4v) is 0.471. The van der Waals surface area contributed by atoms with Gasteiger partial charge in [0.25, 0.3) is 0 Å². The van der Waals surface area contributed by atoms with Crippen molar-refractivity contribution >= 4 is 0 Å². The lowest BCUT2D eigenvalue weighted by atomic mass is 10.3. The number of hydrogen-bond acceptors (Lipinski definition) is 1. The first-order valence-corrected chi connectivity index (χ1v) is 2.14. The van der Waals surface area contributed by atoms with Gasteiger partial charge in [0.1, 0.15) is 0 Å². The molecular weight excluding hydrogens is 86.1 g/mol. The van der Waals surface area contributed by atoms with E-state index in [0.29, 0.717) is 0 Å². The van der Waals surface area contributed by atoms with Gasteiger partial charge in [-0.15, -0.1) is 0 Å². The summed E-state index contributed by atoms with van der Waals surface area (Å²) in [4.78, 5) is 0. The van der Waals surface area contributed by atoms with Crippen LogP contribution in [0.4, 0.5) is 0 Å². The van der Waals surface area contributed by atoms with Crippen molar-refractivity contribution < 1.29 is 0 Å². The first-order chi connectivity index (χ1) is 3.30. The molecule has 0 aromatic heterocycles. The van der Waals surface area contributed by atoms with Gasteiger partial charge >= 0.3 is 0 Å². The maximum atomic E-state index is 5.38. The molecule has 1 nitrogen and oxygen atoms in total. The van der Waals surface area contributed by atoms with E-state index in [1.807, 2.05) is 18.2 Å². The fraction of sp³-hybridized carbons (Fsp3) is 0. The normalized spacial score (nSPS) is 17.7. The summed E-state index contributed by atoms with van der Waals surface area (Å²) in [6.07, 6.45) is 5.61. The van der Waals surface area contributed by atoms with Gasteiger partial charge in [-0.25, -0.2) is 0 Å². The molecule has 0 unspecified atom stereocenters. The van der Waals surface area contributed by atoms with Crippen molar-refractivity contribution in [1.82, 2.24) is 0 Å². The summed E-state index contributed by atoms with van der Waals surface area (Å²) >= 11 is 0. The molecule has 1 rings (SSSR count). The maximum Gasteiger partial charge on any atom is 0.0381 e. The Labute approximate surface area is 42.8 Å². The third kappa shape index (κ3) is 0.563. The monoisotopic (exact) mass is 93.1 g/mol. The van der Waals surface area contributed by atoms with Gasteiger partial charge in [-0.1, -0.05) is 18.7 Å². The molecule has 0 aromatic rings. The van der Waals surface area contributed by atoms with Gasteiger partial charge < -0.3 is 5.73 Å². The first kappa shape index (κ1) is 4.19. The summed E-state index contributed by atoms with van der Waals surface area (Å²) in [6, 6.07) is 0. The summed E-state index contributed by atoms with van der Waals surface area (Å²) in [6.45, 7) is 3.66. The summed E-state index contributed by atoms with van der Waals surface area (Å²) in [7, 11) is 0. The molecule has 0 fully saturated rings. The van der Waals surface area contributed by atoms with Gasteiger partial charge in [0.05, 0.1) is 0 Å². The Balaban J connectivity index is 2.89. The molecule has 0 radical (unpaired) electrons. The molecule has 0 atom stereocenters. The largest absolute Gasteiger partial charge is 0.398 e. The maximum absolute atomic E-state index is 5.38. The third-order valence-electron chi connectivity index (χ3n) is 0.944. The van der Waals surface area contributed by atoms with Crippen LogP contribution in [0.15, 0.2) is 36.1 Å². The molecule has 0 heterocycles. The number of allylic oxidation sites excluding steroid dienone is 3. The van der Waals surface area contributed by atoms with Crippen LogP contribution in [0.5, 0.6) is 0 Å². The lowest BCUT2D eigenvalue weighted by molar-refractivity contribution is 1.40. The van der Waals surface area contributed by atoms with E-state index in [9.17, 15) is 0 Å². The molecule has 36 valence electrons. The van der Waals surface area contributed by atoms with Crippen molar-refractivity contribution in [3.05, 3.63) is 36.1 Å². The van der Waals surface area contributed by atoms with Crippen molar-refractivity contribution in [1.29, 1.82) is 0 Å². The van der Waals surface area contributed by atoms with Gasteiger partial charge in [0, 0.05) is 5.70 Å². The van der Waals surface area contributed by atoms with Crippen LogP contribution >= 0.6 is 0 Å². The standard InChI is InChI=1S/C6H7N/c1-5-3-2-4-6(5)7/h2-4H,1,7H2. The second-order valence-electron chi connectivity index (χ2n) is 1.51. The number of hydrogen-bond donors (Lipinski definition) is 1. The molecule has 0 saturated carbocycles. The average Bonchev–Trinajstić information content (AvgIpc) is 1.91. The van der Waals surface area contributed by atoms with Crippen LogP contribution in [-0.4, -0.2) is 0 Å². The van der Waals surface area contributed by atoms with Crippen LogP contribution < -0.4 is 5.73 Å². The van der Waals surface area contributed by atoms with Crippen LogP contribution in [0.2, 0.25) is 0 Å². The molecule has 1 heteroatoms. The molecule has 7 heavy (non-hydrogen) atoms. The summed E-state index contributed by atoms with van der Waals surface area (Å²) in [5.41, 5.74) is 7.07. The minimum Gasteiger partial charge on any atom is -0.398 e. The number of rotatable bonds is 0. The second-order valence-corrected chi connectivity index (χ2v) is 1.51. The molecule has 0 spiro atoms. The van der Waals surface area contributed by atoms with Crippen molar-refractivity contribution in [2.24, 2.45) is 5.73 Å². The highest BCUT2D eigenvalue weighted by molar-refractivity contribution is 5.44. The Hall–Kier alpha value is -0.980. The molecule has 0 aromatic carbocycles. The summed E-state index contributed by atoms with van der Waals surface area (Å²) in [5, 5.41) is 0. The lowest BCUT2D eigenvalue weighted by Crippen LogP contribution is -1.93. The Morgan fingerprint density at radius 2 is 2.29 bits per heavy atom. The van der Waals surface area contributed by atoms with E-state index in [1.54, 1.807) is 0 Å². The SMILES string of the molecule is C=C1C=CC=C1N. The predicted octanol–water partition coefficient (Wildman–Crippen LogP) is 0.955. The Kier molecular flexibility index (Phi) is 0.754. The smallest absolute Gasteiger partial charge is 0.0381 e. The molecular formula is C6H7N. The van der Waals surface area contributed by atoms with Crippen LogP contribution in [0.25, 0.3) is 0 Å². The number of nitrogens with two attached hydrogens (primary N) is 1. The molecule has 0 amide bonds. The predicted molar refractivity (Wildman–Crippen MR) is 30.6 cm³/mol. The van der Waals surface area contributed by atoms with Crippen molar-refractivity contribution in [3.63, 3.8) is 0 Å². The van der Waals surface area contributed by atoms with Gasteiger partial charge in [-0.05, 0) is 11.6 Å². The highest BCUT2D eigenvalue weighted by atomic mass is 14.6. The van der Waals surface area contributed by atoms with Crippen LogP contribution in [0.3, 0.4) is 0 Å². The Morgan fingerprint density at radius 3 is 2.43 bits per heavy atom. The first-order valence-electron chi connectivity index (χ1n) is 2.14. The zero-order valence-corrected chi connectivity index (χ0v) is 4.02. The lowest BCUT2D eigenvalue weighted by Gasteiger charge is -1.87. The minimum atomic E-state index is 0.778. The molecule has 1 aliphatic carbocycles. The molecule has 0 saturated heterocycles. The zero-order chi connectivity index (χ0) is 5.28. The minimum absolute atomic E-state index is 0.778. The van der Waals surface area contributed by atoms with E-state index in [0.717, 1.165) is 11.3 Å². The molecule has 0 aliphatic heterocycles. The van der Waals surface area contributed by atoms with E-state index < -0.39 is 0 Å². The summed E-state index contributed by atoms with van der Waals surface area (Å²) < 4.78 is 0. The van der Waals surface area contributed by atoms with Crippen LogP contribution in [0, 0.1) is 0 Å². The topological polar surface area (TPSA) is 26.0 Å². The van der Waals surface area contributed by atoms with E-state index in [1.165, 1.54) is 0 Å². The Bertz CT molecular complexity index is 152. The van der Waals surface area contributed by atoms with E-state index >= 15 is 0 Å². The van der Waals surface area contributed by atoms with Crippen LogP contribution in [0.1, 0.15) is 0 Å². The quantitative estimate of drug-likeness (QED) is 0.474. The molecule has 0 bridgehead atoms. The fourth-order valence-electron chi connectivity index (χ4n) is 0.471. The van der Waals surface area contributed by atoms with Crippen molar-refractivity contribution in [2.45, 2.75) is 0 Å². The van der Waals surface area contributed by atoms with Gasteiger partial charge in [0.15, 0.2) is 0 Å². The van der Waals surface area contributed by atoms with Gasteiger partial charge in [-0.3, -0.25) is 0 Å². The van der Waals surface area contributed by atoms with Gasteiger partial charge in [-0.2, -0.15) is 0 Å². The third-order valence-corrected chi connectivity index (χ3v) is 0.944. The van der Waals surface area contributed by atoms with Crippen LogP contribution in [-0.2, 0) is 0 Å². The van der Waals surface area contributed by atoms with E-state index in [-0.39, 0.29) is 0 Å². The van der Waals surface area contributed by atoms with E-state index in [4.69, 9.17) is 5.73 Å². The highest BCUT2D eigenvalue weighted by Crippen LogP contribution is 2.08.